The summed E-state index contributed by atoms with van der Waals surface area (Å²) in [6.07, 6.45) is 17.6. The van der Waals surface area contributed by atoms with E-state index in [9.17, 15) is 0 Å². The average molecular weight is 240 g/mol. The molecular weight excluding hydrogens is 208 g/mol. The summed E-state index contributed by atoms with van der Waals surface area (Å²) in [5, 5.41) is 0. The number of ether oxygens (including phenoxy) is 1. The largest absolute Gasteiger partial charge is 0.381 e. The molecule has 0 aromatic rings. The van der Waals surface area contributed by atoms with Gasteiger partial charge in [-0.15, -0.1) is 0 Å². The Morgan fingerprint density at radius 1 is 0.706 bits per heavy atom. The van der Waals surface area contributed by atoms with Crippen LogP contribution in [0.25, 0.3) is 0 Å². The second-order valence-corrected chi connectivity index (χ2v) is 4.76. The zero-order chi connectivity index (χ0) is 12.6. The van der Waals surface area contributed by atoms with Gasteiger partial charge in [-0.1, -0.05) is 64.5 Å². The van der Waals surface area contributed by atoms with Crippen LogP contribution in [0.2, 0.25) is 0 Å². The van der Waals surface area contributed by atoms with Crippen molar-refractivity contribution in [3.8, 4) is 0 Å². The van der Waals surface area contributed by atoms with Gasteiger partial charge >= 0.3 is 0 Å². The SMILES string of the molecule is CC/C=C\CCCOCCCCCCCCC. The van der Waals surface area contributed by atoms with Crippen LogP contribution in [0.1, 0.15) is 78.1 Å². The second kappa shape index (κ2) is 15.7. The summed E-state index contributed by atoms with van der Waals surface area (Å²) in [5.41, 5.74) is 0. The first kappa shape index (κ1) is 16.7. The number of allylic oxidation sites excluding steroid dienone is 2. The third-order valence-electron chi connectivity index (χ3n) is 2.95. The molecule has 0 heterocycles. The maximum Gasteiger partial charge on any atom is 0.0468 e. The third kappa shape index (κ3) is 15.7. The van der Waals surface area contributed by atoms with E-state index in [1.165, 1.54) is 57.8 Å². The maximum atomic E-state index is 5.61. The molecule has 0 bridgehead atoms. The number of rotatable bonds is 13. The van der Waals surface area contributed by atoms with Gasteiger partial charge in [0.1, 0.15) is 0 Å². The van der Waals surface area contributed by atoms with Crippen molar-refractivity contribution in [1.29, 1.82) is 0 Å². The Kier molecular flexibility index (Phi) is 15.4. The van der Waals surface area contributed by atoms with E-state index in [-0.39, 0.29) is 0 Å². The minimum Gasteiger partial charge on any atom is -0.381 e. The van der Waals surface area contributed by atoms with E-state index >= 15 is 0 Å². The molecular formula is C16H32O. The Bertz CT molecular complexity index is 152. The Balaban J connectivity index is 2.91. The minimum atomic E-state index is 0.934. The van der Waals surface area contributed by atoms with E-state index in [2.05, 4.69) is 26.0 Å². The minimum absolute atomic E-state index is 0.934. The highest BCUT2D eigenvalue weighted by Crippen LogP contribution is 2.06. The van der Waals surface area contributed by atoms with Crippen LogP contribution in [0.4, 0.5) is 0 Å². The van der Waals surface area contributed by atoms with Crippen molar-refractivity contribution in [3.63, 3.8) is 0 Å². The molecule has 17 heavy (non-hydrogen) atoms. The lowest BCUT2D eigenvalue weighted by Gasteiger charge is -2.03. The van der Waals surface area contributed by atoms with Crippen molar-refractivity contribution in [2.75, 3.05) is 13.2 Å². The van der Waals surface area contributed by atoms with E-state index < -0.39 is 0 Å². The molecule has 0 saturated carbocycles. The Labute approximate surface area is 109 Å². The fraction of sp³-hybridized carbons (Fsp3) is 0.875. The molecule has 0 aromatic heterocycles. The molecule has 0 N–H and O–H groups in total. The lowest BCUT2D eigenvalue weighted by atomic mass is 10.1. The smallest absolute Gasteiger partial charge is 0.0468 e. The molecule has 0 aliphatic rings. The van der Waals surface area contributed by atoms with Crippen molar-refractivity contribution in [2.24, 2.45) is 0 Å². The fourth-order valence-electron chi connectivity index (χ4n) is 1.85. The number of hydrogen-bond donors (Lipinski definition) is 0. The lowest BCUT2D eigenvalue weighted by molar-refractivity contribution is 0.128. The van der Waals surface area contributed by atoms with Crippen molar-refractivity contribution >= 4 is 0 Å². The fourth-order valence-corrected chi connectivity index (χ4v) is 1.85. The summed E-state index contributed by atoms with van der Waals surface area (Å²) in [7, 11) is 0. The summed E-state index contributed by atoms with van der Waals surface area (Å²) in [6.45, 7) is 6.34. The Hall–Kier alpha value is -0.300. The maximum absolute atomic E-state index is 5.61. The molecule has 0 saturated heterocycles. The van der Waals surface area contributed by atoms with Gasteiger partial charge in [-0.2, -0.15) is 0 Å². The molecule has 0 amide bonds. The Morgan fingerprint density at radius 3 is 2.06 bits per heavy atom. The van der Waals surface area contributed by atoms with Gasteiger partial charge in [0.05, 0.1) is 0 Å². The summed E-state index contributed by atoms with van der Waals surface area (Å²) >= 11 is 0. The van der Waals surface area contributed by atoms with Crippen molar-refractivity contribution < 1.29 is 4.74 Å². The molecule has 0 aliphatic carbocycles. The van der Waals surface area contributed by atoms with Crippen LogP contribution in [0.5, 0.6) is 0 Å². The Morgan fingerprint density at radius 2 is 1.35 bits per heavy atom. The van der Waals surface area contributed by atoms with E-state index in [1.807, 2.05) is 0 Å². The molecule has 0 radical (unpaired) electrons. The van der Waals surface area contributed by atoms with E-state index in [0.717, 1.165) is 19.6 Å². The van der Waals surface area contributed by atoms with Gasteiger partial charge in [-0.25, -0.2) is 0 Å². The zero-order valence-corrected chi connectivity index (χ0v) is 12.0. The lowest BCUT2D eigenvalue weighted by Crippen LogP contribution is -1.96. The monoisotopic (exact) mass is 240 g/mol. The normalized spacial score (nSPS) is 11.4. The molecule has 0 fully saturated rings. The summed E-state index contributed by atoms with van der Waals surface area (Å²) < 4.78 is 5.61. The highest BCUT2D eigenvalue weighted by molar-refractivity contribution is 4.79. The van der Waals surface area contributed by atoms with Gasteiger partial charge in [0.15, 0.2) is 0 Å². The highest BCUT2D eigenvalue weighted by atomic mass is 16.5. The molecule has 1 heteroatoms. The number of unbranched alkanes of at least 4 members (excludes halogenated alkanes) is 7. The first-order valence-electron chi connectivity index (χ1n) is 7.64. The molecule has 0 aromatic carbocycles. The van der Waals surface area contributed by atoms with Crippen molar-refractivity contribution in [1.82, 2.24) is 0 Å². The zero-order valence-electron chi connectivity index (χ0n) is 12.0. The first-order valence-corrected chi connectivity index (χ1v) is 7.64. The van der Waals surface area contributed by atoms with E-state index in [4.69, 9.17) is 4.74 Å². The standard InChI is InChI=1S/C16H32O/c1-3-5-7-9-10-12-14-16-17-15-13-11-8-6-4-2/h6,8H,3-5,7,9-16H2,1-2H3/b8-6-. The predicted molar refractivity (Wildman–Crippen MR) is 77.5 cm³/mol. The molecule has 102 valence electrons. The predicted octanol–water partition coefficient (Wildman–Crippen LogP) is 5.50. The van der Waals surface area contributed by atoms with Crippen LogP contribution < -0.4 is 0 Å². The quantitative estimate of drug-likeness (QED) is 0.305. The van der Waals surface area contributed by atoms with Gasteiger partial charge in [-0.05, 0) is 25.7 Å². The van der Waals surface area contributed by atoms with Crippen LogP contribution in [0.3, 0.4) is 0 Å². The second-order valence-electron chi connectivity index (χ2n) is 4.76. The molecule has 0 unspecified atom stereocenters. The summed E-state index contributed by atoms with van der Waals surface area (Å²) in [4.78, 5) is 0. The van der Waals surface area contributed by atoms with Crippen LogP contribution in [0, 0.1) is 0 Å². The van der Waals surface area contributed by atoms with Crippen LogP contribution in [0.15, 0.2) is 12.2 Å². The first-order chi connectivity index (χ1) is 8.41. The van der Waals surface area contributed by atoms with E-state index in [0.29, 0.717) is 0 Å². The summed E-state index contributed by atoms with van der Waals surface area (Å²) in [6, 6.07) is 0. The van der Waals surface area contributed by atoms with Gasteiger partial charge < -0.3 is 4.74 Å². The third-order valence-corrected chi connectivity index (χ3v) is 2.95. The van der Waals surface area contributed by atoms with Crippen LogP contribution >= 0.6 is 0 Å². The molecule has 0 atom stereocenters. The van der Waals surface area contributed by atoms with Gasteiger partial charge in [0.25, 0.3) is 0 Å². The van der Waals surface area contributed by atoms with Crippen molar-refractivity contribution in [3.05, 3.63) is 12.2 Å². The molecule has 0 spiro atoms. The van der Waals surface area contributed by atoms with Crippen LogP contribution in [-0.2, 0) is 4.74 Å². The van der Waals surface area contributed by atoms with Crippen LogP contribution in [-0.4, -0.2) is 13.2 Å². The topological polar surface area (TPSA) is 9.23 Å². The molecule has 0 aliphatic heterocycles. The number of hydrogen-bond acceptors (Lipinski definition) is 1. The molecule has 0 rings (SSSR count). The van der Waals surface area contributed by atoms with E-state index in [1.54, 1.807) is 0 Å². The van der Waals surface area contributed by atoms with Gasteiger partial charge in [0, 0.05) is 13.2 Å². The average Bonchev–Trinajstić information content (AvgIpc) is 2.35. The highest BCUT2D eigenvalue weighted by Gasteiger charge is 1.91. The van der Waals surface area contributed by atoms with Crippen molar-refractivity contribution in [2.45, 2.75) is 78.1 Å². The summed E-state index contributed by atoms with van der Waals surface area (Å²) in [5.74, 6) is 0. The van der Waals surface area contributed by atoms with Gasteiger partial charge in [0.2, 0.25) is 0 Å². The van der Waals surface area contributed by atoms with Gasteiger partial charge in [-0.3, -0.25) is 0 Å². The molecule has 1 nitrogen and oxygen atoms in total.